The van der Waals surface area contributed by atoms with Crippen LogP contribution < -0.4 is 21.5 Å². The first kappa shape index (κ1) is 15.3. The van der Waals surface area contributed by atoms with E-state index in [1.54, 1.807) is 0 Å². The van der Waals surface area contributed by atoms with Crippen LogP contribution in [0.3, 0.4) is 0 Å². The molecule has 1 heterocycles. The number of pyridine rings is 1. The molecular formula is C15H18BrNS. The van der Waals surface area contributed by atoms with Crippen LogP contribution in [0.2, 0.25) is 0 Å². The van der Waals surface area contributed by atoms with Crippen LogP contribution in [0.4, 0.5) is 0 Å². The second-order valence-corrected chi connectivity index (χ2v) is 5.20. The molecular weight excluding hydrogens is 306 g/mol. The predicted octanol–water partition coefficient (Wildman–Crippen LogP) is 0.240. The second kappa shape index (κ2) is 8.33. The highest BCUT2D eigenvalue weighted by atomic mass is 79.9. The van der Waals surface area contributed by atoms with Gasteiger partial charge in [-0.25, -0.2) is 0 Å². The van der Waals surface area contributed by atoms with E-state index in [0.717, 1.165) is 0 Å². The van der Waals surface area contributed by atoms with E-state index in [1.165, 1.54) is 29.2 Å². The fourth-order valence-corrected chi connectivity index (χ4v) is 2.69. The fraction of sp³-hybridized carbons (Fsp3) is 0.267. The molecule has 1 aromatic carbocycles. The molecule has 0 radical (unpaired) electrons. The van der Waals surface area contributed by atoms with Gasteiger partial charge >= 0.3 is 0 Å². The van der Waals surface area contributed by atoms with Crippen LogP contribution in [0.5, 0.6) is 0 Å². The molecule has 3 heteroatoms. The number of aromatic nitrogens is 1. The van der Waals surface area contributed by atoms with Crippen molar-refractivity contribution in [3.63, 3.8) is 0 Å². The maximum Gasteiger partial charge on any atom is 0.239 e. The molecule has 2 rings (SSSR count). The van der Waals surface area contributed by atoms with E-state index in [4.69, 9.17) is 0 Å². The Balaban J connectivity index is 0.00000162. The molecule has 0 aliphatic carbocycles. The van der Waals surface area contributed by atoms with Gasteiger partial charge in [-0.2, -0.15) is 4.57 Å². The molecule has 0 amide bonds. The molecule has 0 aliphatic rings. The third kappa shape index (κ3) is 4.83. The molecule has 0 saturated carbocycles. The molecule has 0 unspecified atom stereocenters. The van der Waals surface area contributed by atoms with Crippen molar-refractivity contribution in [3.05, 3.63) is 60.3 Å². The van der Waals surface area contributed by atoms with Crippen LogP contribution in [0.15, 0.2) is 59.8 Å². The Bertz CT molecular complexity index is 459. The number of hydrogen-bond acceptors (Lipinski definition) is 1. The van der Waals surface area contributed by atoms with Gasteiger partial charge < -0.3 is 17.0 Å². The Hall–Kier alpha value is -0.800. The summed E-state index contributed by atoms with van der Waals surface area (Å²) in [5, 5.41) is 1.33. The molecule has 18 heavy (non-hydrogen) atoms. The Morgan fingerprint density at radius 2 is 1.72 bits per heavy atom. The van der Waals surface area contributed by atoms with Gasteiger partial charge in [0.2, 0.25) is 5.03 Å². The molecule has 2 aromatic rings. The third-order valence-electron chi connectivity index (χ3n) is 2.71. The summed E-state index contributed by atoms with van der Waals surface area (Å²) in [6.07, 6.45) is 4.49. The van der Waals surface area contributed by atoms with Crippen molar-refractivity contribution in [2.45, 2.75) is 17.9 Å². The number of nitrogens with zero attached hydrogens (tertiary/aromatic N) is 1. The first-order chi connectivity index (χ1) is 8.36. The van der Waals surface area contributed by atoms with Crippen LogP contribution in [0, 0.1) is 0 Å². The van der Waals surface area contributed by atoms with E-state index in [-0.39, 0.29) is 17.0 Å². The molecule has 96 valence electrons. The lowest BCUT2D eigenvalue weighted by Crippen LogP contribution is -3.00. The molecule has 0 spiro atoms. The maximum atomic E-state index is 2.20. The van der Waals surface area contributed by atoms with E-state index in [9.17, 15) is 0 Å². The maximum absolute atomic E-state index is 2.20. The van der Waals surface area contributed by atoms with Crippen LogP contribution in [0.25, 0.3) is 0 Å². The smallest absolute Gasteiger partial charge is 0.239 e. The lowest BCUT2D eigenvalue weighted by atomic mass is 10.1. The van der Waals surface area contributed by atoms with Gasteiger partial charge in [0.25, 0.3) is 0 Å². The molecule has 0 fully saturated rings. The standard InChI is InChI=1S/C15H18NS.BrH/c1-16-12-6-5-11-15(16)17-13-7-10-14-8-3-2-4-9-14;/h2-6,8-9,11-12H,7,10,13H2,1H3;1H/q+1;/p-1. The zero-order valence-corrected chi connectivity index (χ0v) is 13.0. The summed E-state index contributed by atoms with van der Waals surface area (Å²) in [6, 6.07) is 17.0. The van der Waals surface area contributed by atoms with Gasteiger partial charge in [-0.1, -0.05) is 42.1 Å². The highest BCUT2D eigenvalue weighted by Crippen LogP contribution is 2.15. The minimum Gasteiger partial charge on any atom is -1.00 e. The summed E-state index contributed by atoms with van der Waals surface area (Å²) in [6.45, 7) is 0. The van der Waals surface area contributed by atoms with Gasteiger partial charge in [0.05, 0.1) is 0 Å². The Kier molecular flexibility index (Phi) is 7.06. The normalized spacial score (nSPS) is 9.83. The second-order valence-electron chi connectivity index (χ2n) is 4.09. The predicted molar refractivity (Wildman–Crippen MR) is 73.1 cm³/mol. The summed E-state index contributed by atoms with van der Waals surface area (Å²) in [5.74, 6) is 1.17. The van der Waals surface area contributed by atoms with Gasteiger partial charge in [0.1, 0.15) is 7.05 Å². The minimum atomic E-state index is 0. The van der Waals surface area contributed by atoms with Crippen molar-refractivity contribution in [1.82, 2.24) is 0 Å². The van der Waals surface area contributed by atoms with E-state index in [1.807, 2.05) is 11.8 Å². The van der Waals surface area contributed by atoms with Crippen LogP contribution in [0.1, 0.15) is 12.0 Å². The number of hydrogen-bond donors (Lipinski definition) is 0. The van der Waals surface area contributed by atoms with E-state index in [0.29, 0.717) is 0 Å². The summed E-state index contributed by atoms with van der Waals surface area (Å²) in [4.78, 5) is 0. The Labute approximate surface area is 124 Å². The lowest BCUT2D eigenvalue weighted by molar-refractivity contribution is -0.708. The van der Waals surface area contributed by atoms with E-state index in [2.05, 4.69) is 66.3 Å². The molecule has 0 saturated heterocycles. The van der Waals surface area contributed by atoms with E-state index >= 15 is 0 Å². The molecule has 1 nitrogen and oxygen atoms in total. The van der Waals surface area contributed by atoms with Gasteiger partial charge in [-0.15, -0.1) is 0 Å². The number of rotatable bonds is 5. The number of thioether (sulfide) groups is 1. The highest BCUT2D eigenvalue weighted by molar-refractivity contribution is 7.99. The zero-order chi connectivity index (χ0) is 11.9. The van der Waals surface area contributed by atoms with Gasteiger partial charge in [0, 0.05) is 17.9 Å². The van der Waals surface area contributed by atoms with Crippen molar-refractivity contribution in [2.75, 3.05) is 5.75 Å². The van der Waals surface area contributed by atoms with Gasteiger partial charge in [-0.3, -0.25) is 0 Å². The molecule has 0 atom stereocenters. The first-order valence-electron chi connectivity index (χ1n) is 5.97. The Morgan fingerprint density at radius 3 is 2.44 bits per heavy atom. The molecule has 1 aromatic heterocycles. The third-order valence-corrected chi connectivity index (χ3v) is 3.92. The number of halogens is 1. The number of benzene rings is 1. The summed E-state index contributed by atoms with van der Waals surface area (Å²) >= 11 is 1.93. The molecule has 0 bridgehead atoms. The molecule has 0 aliphatic heterocycles. The van der Waals surface area contributed by atoms with Gasteiger partial charge in [0.15, 0.2) is 6.20 Å². The Morgan fingerprint density at radius 1 is 1.00 bits per heavy atom. The van der Waals surface area contributed by atoms with Crippen molar-refractivity contribution in [3.8, 4) is 0 Å². The van der Waals surface area contributed by atoms with Crippen LogP contribution in [-0.4, -0.2) is 5.75 Å². The van der Waals surface area contributed by atoms with Crippen LogP contribution >= 0.6 is 11.8 Å². The number of aryl methyl sites for hydroxylation is 2. The average Bonchev–Trinajstić information content (AvgIpc) is 2.38. The van der Waals surface area contributed by atoms with Gasteiger partial charge in [-0.05, 0) is 24.5 Å². The van der Waals surface area contributed by atoms with Crippen molar-refractivity contribution in [1.29, 1.82) is 0 Å². The van der Waals surface area contributed by atoms with E-state index < -0.39 is 0 Å². The quantitative estimate of drug-likeness (QED) is 0.433. The monoisotopic (exact) mass is 323 g/mol. The van der Waals surface area contributed by atoms with Crippen LogP contribution in [-0.2, 0) is 13.5 Å². The molecule has 0 N–H and O–H groups in total. The topological polar surface area (TPSA) is 3.88 Å². The summed E-state index contributed by atoms with van der Waals surface area (Å²) < 4.78 is 2.17. The SMILES string of the molecule is C[n+]1ccccc1SCCCc1ccccc1.[Br-]. The summed E-state index contributed by atoms with van der Waals surface area (Å²) in [5.41, 5.74) is 1.44. The highest BCUT2D eigenvalue weighted by Gasteiger charge is 2.04. The average molecular weight is 324 g/mol. The zero-order valence-electron chi connectivity index (χ0n) is 10.6. The first-order valence-corrected chi connectivity index (χ1v) is 6.96. The fourth-order valence-electron chi connectivity index (χ4n) is 1.76. The lowest BCUT2D eigenvalue weighted by Gasteiger charge is -2.01. The van der Waals surface area contributed by atoms with Crippen molar-refractivity contribution >= 4 is 11.8 Å². The minimum absolute atomic E-state index is 0. The summed E-state index contributed by atoms with van der Waals surface area (Å²) in [7, 11) is 2.10. The van der Waals surface area contributed by atoms with Crippen molar-refractivity contribution in [2.24, 2.45) is 7.05 Å². The largest absolute Gasteiger partial charge is 1.00 e. The van der Waals surface area contributed by atoms with Crippen molar-refractivity contribution < 1.29 is 21.5 Å².